The molecule has 0 unspecified atom stereocenters. The van der Waals surface area contributed by atoms with Gasteiger partial charge < -0.3 is 21.1 Å². The number of anilines is 3. The van der Waals surface area contributed by atoms with E-state index in [0.29, 0.717) is 29.6 Å². The van der Waals surface area contributed by atoms with Gasteiger partial charge in [-0.05, 0) is 61.4 Å². The minimum Gasteiger partial charge on any atom is -0.438 e. The number of rotatable bonds is 4. The Labute approximate surface area is 169 Å². The first-order chi connectivity index (χ1) is 14.0. The number of nitrogens with two attached hydrogens (primary N) is 1. The van der Waals surface area contributed by atoms with Crippen LogP contribution in [0.3, 0.4) is 0 Å². The molecular weight excluding hydrogens is 364 g/mol. The summed E-state index contributed by atoms with van der Waals surface area (Å²) >= 11 is 0. The number of hydrogen-bond acceptors (Lipinski definition) is 7. The lowest BCUT2D eigenvalue weighted by Crippen LogP contribution is -2.26. The van der Waals surface area contributed by atoms with Gasteiger partial charge in [-0.3, -0.25) is 0 Å². The quantitative estimate of drug-likeness (QED) is 0.586. The Bertz CT molecular complexity index is 1080. The largest absolute Gasteiger partial charge is 0.438 e. The Morgan fingerprint density at radius 2 is 1.86 bits per heavy atom. The minimum absolute atomic E-state index is 0.469. The lowest BCUT2D eigenvalue weighted by molar-refractivity contribution is 0.439. The highest BCUT2D eigenvalue weighted by molar-refractivity contribution is 5.57. The molecule has 146 valence electrons. The van der Waals surface area contributed by atoms with Crippen molar-refractivity contribution in [1.29, 1.82) is 5.26 Å². The van der Waals surface area contributed by atoms with Crippen molar-refractivity contribution in [3.8, 4) is 17.7 Å². The predicted molar refractivity (Wildman–Crippen MR) is 112 cm³/mol. The van der Waals surface area contributed by atoms with Crippen molar-refractivity contribution in [2.24, 2.45) is 0 Å². The Kier molecular flexibility index (Phi) is 5.02. The summed E-state index contributed by atoms with van der Waals surface area (Å²) in [5.41, 5.74) is 11.9. The normalized spacial score (nSPS) is 12.7. The zero-order chi connectivity index (χ0) is 20.4. The van der Waals surface area contributed by atoms with Crippen molar-refractivity contribution in [2.45, 2.75) is 26.8 Å². The van der Waals surface area contributed by atoms with Crippen LogP contribution in [0.5, 0.6) is 11.6 Å². The van der Waals surface area contributed by atoms with E-state index in [4.69, 9.17) is 15.7 Å². The van der Waals surface area contributed by atoms with Crippen LogP contribution in [0.15, 0.2) is 36.4 Å². The number of fused-ring (bicyclic) bond motifs is 1. The number of aryl methyl sites for hydroxylation is 2. The molecule has 0 saturated heterocycles. The van der Waals surface area contributed by atoms with Crippen molar-refractivity contribution < 1.29 is 4.74 Å². The molecule has 0 atom stereocenters. The lowest BCUT2D eigenvalue weighted by Gasteiger charge is -2.21. The molecule has 0 bridgehead atoms. The SMILES string of the molecule is Cc1cc(N)cc(C)c1Oc1nc(Nc2ccc(C#N)cc2)nc2c1CNCC2. The van der Waals surface area contributed by atoms with Gasteiger partial charge >= 0.3 is 0 Å². The third kappa shape index (κ3) is 3.98. The molecule has 0 spiro atoms. The van der Waals surface area contributed by atoms with E-state index in [1.807, 2.05) is 38.1 Å². The fourth-order valence-electron chi connectivity index (χ4n) is 3.45. The number of aromatic nitrogens is 2. The van der Waals surface area contributed by atoms with Crippen LogP contribution in [0.4, 0.5) is 17.3 Å². The lowest BCUT2D eigenvalue weighted by atomic mass is 10.1. The molecule has 1 aliphatic heterocycles. The van der Waals surface area contributed by atoms with Gasteiger partial charge in [-0.25, -0.2) is 4.98 Å². The van der Waals surface area contributed by atoms with Gasteiger partial charge in [-0.2, -0.15) is 10.2 Å². The first kappa shape index (κ1) is 18.7. The van der Waals surface area contributed by atoms with Crippen molar-refractivity contribution in [2.75, 3.05) is 17.6 Å². The summed E-state index contributed by atoms with van der Waals surface area (Å²) in [4.78, 5) is 9.33. The Hall–Kier alpha value is -3.63. The van der Waals surface area contributed by atoms with Crippen LogP contribution in [-0.4, -0.2) is 16.5 Å². The molecule has 2 heterocycles. The predicted octanol–water partition coefficient (Wildman–Crippen LogP) is 3.73. The van der Waals surface area contributed by atoms with Crippen LogP contribution in [0.2, 0.25) is 0 Å². The molecule has 4 rings (SSSR count). The van der Waals surface area contributed by atoms with E-state index in [-0.39, 0.29) is 0 Å². The van der Waals surface area contributed by atoms with Gasteiger partial charge in [0.15, 0.2) is 0 Å². The molecule has 29 heavy (non-hydrogen) atoms. The maximum Gasteiger partial charge on any atom is 0.230 e. The van der Waals surface area contributed by atoms with Crippen LogP contribution in [-0.2, 0) is 13.0 Å². The molecule has 1 aliphatic rings. The van der Waals surface area contributed by atoms with Crippen LogP contribution < -0.4 is 21.1 Å². The van der Waals surface area contributed by atoms with Crippen LogP contribution >= 0.6 is 0 Å². The minimum atomic E-state index is 0.469. The average molecular weight is 386 g/mol. The molecule has 0 fully saturated rings. The highest BCUT2D eigenvalue weighted by Gasteiger charge is 2.20. The maximum atomic E-state index is 8.96. The van der Waals surface area contributed by atoms with Crippen LogP contribution in [0.25, 0.3) is 0 Å². The summed E-state index contributed by atoms with van der Waals surface area (Å²) in [6, 6.07) is 13.1. The molecule has 2 aromatic carbocycles. The standard InChI is InChI=1S/C22H22N6O/c1-13-9-16(24)10-14(2)20(13)29-21-18-12-25-8-7-19(18)27-22(28-21)26-17-5-3-15(11-23)4-6-17/h3-6,9-10,25H,7-8,12,24H2,1-2H3,(H,26,27,28). The zero-order valence-electron chi connectivity index (χ0n) is 16.4. The van der Waals surface area contributed by atoms with E-state index in [1.54, 1.807) is 12.1 Å². The number of nitrogens with one attached hydrogen (secondary N) is 2. The van der Waals surface area contributed by atoms with E-state index in [1.165, 1.54) is 0 Å². The van der Waals surface area contributed by atoms with Crippen molar-refractivity contribution in [1.82, 2.24) is 15.3 Å². The number of nitriles is 1. The summed E-state index contributed by atoms with van der Waals surface area (Å²) in [6.07, 6.45) is 0.802. The molecular formula is C22H22N6O. The summed E-state index contributed by atoms with van der Waals surface area (Å²) in [5.74, 6) is 1.76. The monoisotopic (exact) mass is 386 g/mol. The van der Waals surface area contributed by atoms with Crippen molar-refractivity contribution in [3.63, 3.8) is 0 Å². The van der Waals surface area contributed by atoms with Gasteiger partial charge in [-0.1, -0.05) is 0 Å². The first-order valence-corrected chi connectivity index (χ1v) is 9.46. The van der Waals surface area contributed by atoms with Gasteiger partial charge in [0.1, 0.15) is 5.75 Å². The fraction of sp³-hybridized carbons (Fsp3) is 0.227. The van der Waals surface area contributed by atoms with Gasteiger partial charge in [-0.15, -0.1) is 0 Å². The van der Waals surface area contributed by atoms with E-state index >= 15 is 0 Å². The first-order valence-electron chi connectivity index (χ1n) is 9.46. The zero-order valence-corrected chi connectivity index (χ0v) is 16.4. The van der Waals surface area contributed by atoms with E-state index in [0.717, 1.165) is 46.8 Å². The van der Waals surface area contributed by atoms with Gasteiger partial charge in [0.25, 0.3) is 0 Å². The van der Waals surface area contributed by atoms with E-state index in [9.17, 15) is 0 Å². The molecule has 0 radical (unpaired) electrons. The molecule has 0 saturated carbocycles. The summed E-state index contributed by atoms with van der Waals surface area (Å²) < 4.78 is 6.28. The van der Waals surface area contributed by atoms with Crippen molar-refractivity contribution in [3.05, 3.63) is 64.3 Å². The molecule has 7 heteroatoms. The second-order valence-electron chi connectivity index (χ2n) is 7.10. The Morgan fingerprint density at radius 3 is 2.55 bits per heavy atom. The number of nitrogen functional groups attached to an aromatic ring is 1. The number of nitrogens with zero attached hydrogens (tertiary/aromatic N) is 3. The summed E-state index contributed by atoms with van der Waals surface area (Å²) in [7, 11) is 0. The highest BCUT2D eigenvalue weighted by Crippen LogP contribution is 2.34. The molecule has 3 aromatic rings. The second kappa shape index (κ2) is 7.78. The van der Waals surface area contributed by atoms with Crippen LogP contribution in [0, 0.1) is 25.2 Å². The Morgan fingerprint density at radius 1 is 1.14 bits per heavy atom. The highest BCUT2D eigenvalue weighted by atomic mass is 16.5. The number of ether oxygens (including phenoxy) is 1. The summed E-state index contributed by atoms with van der Waals surface area (Å²) in [6.45, 7) is 5.47. The third-order valence-corrected chi connectivity index (χ3v) is 4.85. The third-order valence-electron chi connectivity index (χ3n) is 4.85. The molecule has 7 nitrogen and oxygen atoms in total. The fourth-order valence-corrected chi connectivity index (χ4v) is 3.45. The van der Waals surface area contributed by atoms with E-state index < -0.39 is 0 Å². The number of hydrogen-bond donors (Lipinski definition) is 3. The maximum absolute atomic E-state index is 8.96. The average Bonchev–Trinajstić information content (AvgIpc) is 2.71. The van der Waals surface area contributed by atoms with Gasteiger partial charge in [0.2, 0.25) is 11.8 Å². The summed E-state index contributed by atoms with van der Waals surface area (Å²) in [5, 5.41) is 15.5. The molecule has 0 aliphatic carbocycles. The number of benzene rings is 2. The second-order valence-corrected chi connectivity index (χ2v) is 7.10. The van der Waals surface area contributed by atoms with E-state index in [2.05, 4.69) is 26.7 Å². The van der Waals surface area contributed by atoms with Gasteiger partial charge in [0.05, 0.1) is 22.9 Å². The van der Waals surface area contributed by atoms with Crippen molar-refractivity contribution >= 4 is 17.3 Å². The smallest absolute Gasteiger partial charge is 0.230 e. The topological polar surface area (TPSA) is 109 Å². The Balaban J connectivity index is 1.71. The molecule has 4 N–H and O–H groups in total. The van der Waals surface area contributed by atoms with Crippen LogP contribution in [0.1, 0.15) is 27.9 Å². The molecule has 0 amide bonds. The van der Waals surface area contributed by atoms with Gasteiger partial charge in [0, 0.05) is 30.9 Å². The molecule has 1 aromatic heterocycles.